The fourth-order valence-electron chi connectivity index (χ4n) is 3.02. The van der Waals surface area contributed by atoms with Gasteiger partial charge < -0.3 is 9.80 Å². The third-order valence-electron chi connectivity index (χ3n) is 4.08. The van der Waals surface area contributed by atoms with Crippen LogP contribution in [0.1, 0.15) is 38.7 Å². The molecule has 2 amide bonds. The summed E-state index contributed by atoms with van der Waals surface area (Å²) in [4.78, 5) is 28.5. The van der Waals surface area contributed by atoms with Crippen molar-refractivity contribution in [3.8, 4) is 0 Å². The summed E-state index contributed by atoms with van der Waals surface area (Å²) in [5, 5.41) is 0. The van der Waals surface area contributed by atoms with Gasteiger partial charge in [0.05, 0.1) is 5.92 Å². The molecule has 22 heavy (non-hydrogen) atoms. The van der Waals surface area contributed by atoms with Crippen LogP contribution >= 0.6 is 0 Å². The van der Waals surface area contributed by atoms with Gasteiger partial charge in [0.25, 0.3) is 0 Å². The summed E-state index contributed by atoms with van der Waals surface area (Å²) in [5.41, 5.74) is 1.11. The first kappa shape index (κ1) is 16.5. The van der Waals surface area contributed by atoms with Crippen molar-refractivity contribution < 1.29 is 9.59 Å². The van der Waals surface area contributed by atoms with Crippen molar-refractivity contribution in [1.29, 1.82) is 0 Å². The topological polar surface area (TPSA) is 40.6 Å². The molecule has 1 aliphatic heterocycles. The van der Waals surface area contributed by atoms with Crippen LogP contribution in [0, 0.1) is 5.92 Å². The number of nitrogens with zero attached hydrogens (tertiary/aromatic N) is 2. The van der Waals surface area contributed by atoms with E-state index in [2.05, 4.69) is 13.8 Å². The van der Waals surface area contributed by atoms with Crippen LogP contribution < -0.4 is 0 Å². The molecular weight excluding hydrogens is 276 g/mol. The summed E-state index contributed by atoms with van der Waals surface area (Å²) >= 11 is 0. The quantitative estimate of drug-likeness (QED) is 0.777. The zero-order valence-corrected chi connectivity index (χ0v) is 13.6. The maximum atomic E-state index is 12.6. The Labute approximate surface area is 133 Å². The lowest BCUT2D eigenvalue weighted by atomic mass is 10.1. The van der Waals surface area contributed by atoms with Gasteiger partial charge in [-0.1, -0.05) is 44.2 Å². The summed E-state index contributed by atoms with van der Waals surface area (Å²) in [6, 6.07) is 9.95. The largest absolute Gasteiger partial charge is 0.342 e. The van der Waals surface area contributed by atoms with Gasteiger partial charge in [0.2, 0.25) is 11.8 Å². The van der Waals surface area contributed by atoms with Crippen LogP contribution in [0.25, 0.3) is 0 Å². The van der Waals surface area contributed by atoms with Crippen molar-refractivity contribution in [2.75, 3.05) is 19.6 Å². The Kier molecular flexibility index (Phi) is 5.99. The van der Waals surface area contributed by atoms with Crippen LogP contribution in [-0.2, 0) is 16.1 Å². The molecule has 0 spiro atoms. The Morgan fingerprint density at radius 2 is 1.82 bits per heavy atom. The summed E-state index contributed by atoms with van der Waals surface area (Å²) in [7, 11) is 0. The average Bonchev–Trinajstić information content (AvgIpc) is 2.88. The maximum absolute atomic E-state index is 12.6. The molecule has 4 nitrogen and oxygen atoms in total. The molecule has 1 fully saturated rings. The third-order valence-corrected chi connectivity index (χ3v) is 4.08. The minimum absolute atomic E-state index is 0.0927. The average molecular weight is 302 g/mol. The summed E-state index contributed by atoms with van der Waals surface area (Å²) < 4.78 is 0. The predicted octanol–water partition coefficient (Wildman–Crippen LogP) is 2.68. The molecular formula is C18H26N2O2. The standard InChI is InChI=1S/C18H26N2O2/c1-3-10-19(11-4-2)18(22)16-12-17(21)20(14-16)13-15-8-6-5-7-9-15/h5-9,16H,3-4,10-14H2,1-2H3/t16-/m0/s1. The van der Waals surface area contributed by atoms with E-state index in [1.807, 2.05) is 40.1 Å². The highest BCUT2D eigenvalue weighted by molar-refractivity contribution is 5.89. The molecule has 0 aliphatic carbocycles. The Morgan fingerprint density at radius 1 is 1.18 bits per heavy atom. The van der Waals surface area contributed by atoms with E-state index in [1.165, 1.54) is 0 Å². The first-order chi connectivity index (χ1) is 10.7. The van der Waals surface area contributed by atoms with Gasteiger partial charge in [-0.2, -0.15) is 0 Å². The number of hydrogen-bond acceptors (Lipinski definition) is 2. The number of carbonyl (C=O) groups is 2. The minimum Gasteiger partial charge on any atom is -0.342 e. The van der Waals surface area contributed by atoms with Crippen LogP contribution in [-0.4, -0.2) is 41.2 Å². The van der Waals surface area contributed by atoms with Gasteiger partial charge in [0, 0.05) is 32.6 Å². The van der Waals surface area contributed by atoms with Gasteiger partial charge in [0.15, 0.2) is 0 Å². The molecule has 0 aromatic heterocycles. The van der Waals surface area contributed by atoms with Crippen LogP contribution in [0.3, 0.4) is 0 Å². The van der Waals surface area contributed by atoms with Crippen LogP contribution in [0.15, 0.2) is 30.3 Å². The second-order valence-electron chi connectivity index (χ2n) is 5.99. The van der Waals surface area contributed by atoms with Crippen molar-refractivity contribution in [3.05, 3.63) is 35.9 Å². The van der Waals surface area contributed by atoms with Crippen LogP contribution in [0.5, 0.6) is 0 Å². The molecule has 0 N–H and O–H groups in total. The van der Waals surface area contributed by atoms with Gasteiger partial charge in [-0.15, -0.1) is 0 Å². The Hall–Kier alpha value is -1.84. The molecule has 0 radical (unpaired) electrons. The smallest absolute Gasteiger partial charge is 0.227 e. The second kappa shape index (κ2) is 7.97. The first-order valence-electron chi connectivity index (χ1n) is 8.26. The fraction of sp³-hybridized carbons (Fsp3) is 0.556. The van der Waals surface area contributed by atoms with E-state index in [0.717, 1.165) is 31.5 Å². The van der Waals surface area contributed by atoms with Gasteiger partial charge >= 0.3 is 0 Å². The first-order valence-corrected chi connectivity index (χ1v) is 8.26. The SMILES string of the molecule is CCCN(CCC)C(=O)[C@H]1CC(=O)N(Cc2ccccc2)C1. The highest BCUT2D eigenvalue weighted by atomic mass is 16.2. The lowest BCUT2D eigenvalue weighted by molar-refractivity contribution is -0.136. The molecule has 1 aliphatic rings. The molecule has 1 atom stereocenters. The molecule has 0 unspecified atom stereocenters. The summed E-state index contributed by atoms with van der Waals surface area (Å²) in [6.45, 7) is 6.89. The summed E-state index contributed by atoms with van der Waals surface area (Å²) in [5.74, 6) is 0.0667. The number of amides is 2. The number of carbonyl (C=O) groups excluding carboxylic acids is 2. The van der Waals surface area contributed by atoms with Crippen LogP contribution in [0.2, 0.25) is 0 Å². The number of rotatable bonds is 7. The molecule has 1 saturated heterocycles. The van der Waals surface area contributed by atoms with Gasteiger partial charge in [-0.05, 0) is 18.4 Å². The van der Waals surface area contributed by atoms with Gasteiger partial charge in [-0.3, -0.25) is 9.59 Å². The molecule has 0 bridgehead atoms. The molecule has 120 valence electrons. The van der Waals surface area contributed by atoms with Crippen molar-refractivity contribution in [1.82, 2.24) is 9.80 Å². The van der Waals surface area contributed by atoms with Crippen molar-refractivity contribution in [2.24, 2.45) is 5.92 Å². The molecule has 1 heterocycles. The predicted molar refractivity (Wildman–Crippen MR) is 87.1 cm³/mol. The summed E-state index contributed by atoms with van der Waals surface area (Å²) in [6.07, 6.45) is 2.27. The van der Waals surface area contributed by atoms with Crippen molar-refractivity contribution in [2.45, 2.75) is 39.7 Å². The normalized spacial score (nSPS) is 17.8. The van der Waals surface area contributed by atoms with Gasteiger partial charge in [-0.25, -0.2) is 0 Å². The Balaban J connectivity index is 1.97. The third kappa shape index (κ3) is 4.09. The van der Waals surface area contributed by atoms with E-state index in [0.29, 0.717) is 19.5 Å². The molecule has 4 heteroatoms. The second-order valence-corrected chi connectivity index (χ2v) is 5.99. The molecule has 0 saturated carbocycles. The zero-order chi connectivity index (χ0) is 15.9. The zero-order valence-electron chi connectivity index (χ0n) is 13.6. The van der Waals surface area contributed by atoms with E-state index in [-0.39, 0.29) is 17.7 Å². The van der Waals surface area contributed by atoms with E-state index < -0.39 is 0 Å². The van der Waals surface area contributed by atoms with Crippen molar-refractivity contribution in [3.63, 3.8) is 0 Å². The molecule has 1 aromatic carbocycles. The Bertz CT molecular complexity index is 495. The monoisotopic (exact) mass is 302 g/mol. The molecule has 2 rings (SSSR count). The van der Waals surface area contributed by atoms with E-state index in [1.54, 1.807) is 0 Å². The maximum Gasteiger partial charge on any atom is 0.227 e. The number of likely N-dealkylation sites (tertiary alicyclic amines) is 1. The fourth-order valence-corrected chi connectivity index (χ4v) is 3.02. The van der Waals surface area contributed by atoms with E-state index in [9.17, 15) is 9.59 Å². The van der Waals surface area contributed by atoms with Crippen molar-refractivity contribution >= 4 is 11.8 Å². The van der Waals surface area contributed by atoms with E-state index >= 15 is 0 Å². The highest BCUT2D eigenvalue weighted by Gasteiger charge is 2.36. The van der Waals surface area contributed by atoms with E-state index in [4.69, 9.17) is 0 Å². The lowest BCUT2D eigenvalue weighted by Crippen LogP contribution is -2.38. The lowest BCUT2D eigenvalue weighted by Gasteiger charge is -2.24. The minimum atomic E-state index is -0.172. The highest BCUT2D eigenvalue weighted by Crippen LogP contribution is 2.22. The Morgan fingerprint density at radius 3 is 2.41 bits per heavy atom. The molecule has 1 aromatic rings. The van der Waals surface area contributed by atoms with Gasteiger partial charge in [0.1, 0.15) is 0 Å². The number of hydrogen-bond donors (Lipinski definition) is 0. The van der Waals surface area contributed by atoms with Crippen LogP contribution in [0.4, 0.5) is 0 Å². The number of benzene rings is 1.